The second-order valence-electron chi connectivity index (χ2n) is 7.11. The van der Waals surface area contributed by atoms with Crippen molar-refractivity contribution >= 4 is 33.4 Å². The molecule has 0 saturated carbocycles. The average molecular weight is 471 g/mol. The lowest BCUT2D eigenvalue weighted by Crippen LogP contribution is -2.16. The second kappa shape index (κ2) is 9.70. The van der Waals surface area contributed by atoms with E-state index in [9.17, 15) is 22.8 Å². The number of aromatic nitrogens is 1. The Kier molecular flexibility index (Phi) is 6.98. The van der Waals surface area contributed by atoms with Crippen LogP contribution in [0, 0.1) is 13.8 Å². The summed E-state index contributed by atoms with van der Waals surface area (Å²) in [5.41, 5.74) is 1.76. The molecule has 0 spiro atoms. The van der Waals surface area contributed by atoms with Gasteiger partial charge < -0.3 is 14.5 Å². The lowest BCUT2D eigenvalue weighted by Gasteiger charge is -2.09. The molecular formula is C23H22N2O7S. The van der Waals surface area contributed by atoms with Crippen molar-refractivity contribution in [1.29, 1.82) is 0 Å². The molecule has 3 rings (SSSR count). The third-order valence-electron chi connectivity index (χ3n) is 4.87. The molecule has 0 aliphatic rings. The van der Waals surface area contributed by atoms with Crippen LogP contribution in [-0.2, 0) is 19.5 Å². The average Bonchev–Trinajstić information content (AvgIpc) is 3.11. The van der Waals surface area contributed by atoms with Crippen molar-refractivity contribution in [2.24, 2.45) is 0 Å². The highest BCUT2D eigenvalue weighted by atomic mass is 32.2. The summed E-state index contributed by atoms with van der Waals surface area (Å²) in [4.78, 5) is 39.5. The summed E-state index contributed by atoms with van der Waals surface area (Å²) < 4.78 is 37.2. The van der Waals surface area contributed by atoms with Crippen molar-refractivity contribution in [1.82, 2.24) is 4.98 Å². The molecule has 0 saturated heterocycles. The minimum atomic E-state index is -3.83. The third kappa shape index (κ3) is 5.29. The van der Waals surface area contributed by atoms with Crippen LogP contribution in [-0.4, -0.2) is 44.8 Å². The van der Waals surface area contributed by atoms with Crippen LogP contribution in [0.2, 0.25) is 0 Å². The SMILES string of the molecule is COC(=O)c1c(C)[nH]c(C(=O)COC(=O)c2ccc(S(=O)(=O)Nc3ccccc3)cc2)c1C. The van der Waals surface area contributed by atoms with Gasteiger partial charge in [-0.25, -0.2) is 18.0 Å². The van der Waals surface area contributed by atoms with Crippen LogP contribution in [0.4, 0.5) is 5.69 Å². The van der Waals surface area contributed by atoms with Crippen molar-refractivity contribution in [3.63, 3.8) is 0 Å². The zero-order chi connectivity index (χ0) is 24.2. The molecule has 0 bridgehead atoms. The maximum Gasteiger partial charge on any atom is 0.339 e. The van der Waals surface area contributed by atoms with Crippen LogP contribution < -0.4 is 4.72 Å². The Morgan fingerprint density at radius 3 is 2.18 bits per heavy atom. The Labute approximate surface area is 190 Å². The largest absolute Gasteiger partial charge is 0.465 e. The molecule has 0 amide bonds. The second-order valence-corrected chi connectivity index (χ2v) is 8.79. The summed E-state index contributed by atoms with van der Waals surface area (Å²) in [7, 11) is -2.59. The van der Waals surface area contributed by atoms with Gasteiger partial charge in [-0.15, -0.1) is 0 Å². The summed E-state index contributed by atoms with van der Waals surface area (Å²) in [6.07, 6.45) is 0. The van der Waals surface area contributed by atoms with E-state index in [2.05, 4.69) is 9.71 Å². The quantitative estimate of drug-likeness (QED) is 0.381. The van der Waals surface area contributed by atoms with E-state index in [1.807, 2.05) is 0 Å². The predicted octanol–water partition coefficient (Wildman–Crippen LogP) is 3.26. The van der Waals surface area contributed by atoms with Crippen LogP contribution in [0.25, 0.3) is 0 Å². The van der Waals surface area contributed by atoms with Gasteiger partial charge in [0.2, 0.25) is 5.78 Å². The van der Waals surface area contributed by atoms with Gasteiger partial charge >= 0.3 is 11.9 Å². The summed E-state index contributed by atoms with van der Waals surface area (Å²) in [6, 6.07) is 13.5. The number of esters is 2. The Hall–Kier alpha value is -3.92. The maximum atomic E-state index is 12.5. The predicted molar refractivity (Wildman–Crippen MR) is 120 cm³/mol. The molecule has 0 unspecified atom stereocenters. The van der Waals surface area contributed by atoms with Crippen molar-refractivity contribution in [2.75, 3.05) is 18.4 Å². The van der Waals surface area contributed by atoms with E-state index in [4.69, 9.17) is 9.47 Å². The van der Waals surface area contributed by atoms with Crippen LogP contribution in [0.3, 0.4) is 0 Å². The number of rotatable bonds is 8. The Bertz CT molecular complexity index is 1290. The number of anilines is 1. The van der Waals surface area contributed by atoms with Crippen molar-refractivity contribution in [3.05, 3.63) is 82.7 Å². The van der Waals surface area contributed by atoms with E-state index in [0.717, 1.165) is 0 Å². The number of aryl methyl sites for hydroxylation is 1. The van der Waals surface area contributed by atoms with Gasteiger partial charge in [-0.2, -0.15) is 0 Å². The van der Waals surface area contributed by atoms with E-state index in [0.29, 0.717) is 16.9 Å². The van der Waals surface area contributed by atoms with Gasteiger partial charge in [0.1, 0.15) is 0 Å². The van der Waals surface area contributed by atoms with Gasteiger partial charge in [0.05, 0.1) is 28.8 Å². The summed E-state index contributed by atoms with van der Waals surface area (Å²) in [5, 5.41) is 0. The molecule has 10 heteroatoms. The van der Waals surface area contributed by atoms with E-state index in [1.165, 1.54) is 31.4 Å². The first kappa shape index (κ1) is 23.7. The topological polar surface area (TPSA) is 132 Å². The molecule has 33 heavy (non-hydrogen) atoms. The van der Waals surface area contributed by atoms with Crippen molar-refractivity contribution in [3.8, 4) is 0 Å². The highest BCUT2D eigenvalue weighted by molar-refractivity contribution is 7.92. The molecule has 2 N–H and O–H groups in total. The molecule has 0 atom stereocenters. The number of carbonyl (C=O) groups is 3. The minimum Gasteiger partial charge on any atom is -0.465 e. The zero-order valence-electron chi connectivity index (χ0n) is 18.2. The molecule has 0 radical (unpaired) electrons. The summed E-state index contributed by atoms with van der Waals surface area (Å²) in [6.45, 7) is 2.66. The number of hydrogen-bond acceptors (Lipinski definition) is 7. The van der Waals surface area contributed by atoms with Gasteiger partial charge in [0.15, 0.2) is 6.61 Å². The third-order valence-corrected chi connectivity index (χ3v) is 6.26. The fourth-order valence-corrected chi connectivity index (χ4v) is 4.27. The molecule has 1 aromatic heterocycles. The molecule has 0 fully saturated rings. The van der Waals surface area contributed by atoms with E-state index >= 15 is 0 Å². The number of H-pyrrole nitrogens is 1. The number of ether oxygens (including phenoxy) is 2. The number of para-hydroxylation sites is 1. The number of nitrogens with one attached hydrogen (secondary N) is 2. The van der Waals surface area contributed by atoms with E-state index in [-0.39, 0.29) is 21.7 Å². The zero-order valence-corrected chi connectivity index (χ0v) is 19.0. The first-order chi connectivity index (χ1) is 15.6. The molecule has 2 aromatic carbocycles. The molecule has 0 aliphatic heterocycles. The first-order valence-electron chi connectivity index (χ1n) is 9.79. The molecule has 3 aromatic rings. The minimum absolute atomic E-state index is 0.0354. The Morgan fingerprint density at radius 2 is 1.58 bits per heavy atom. The number of Topliss-reactive ketones (excluding diaryl/α,β-unsaturated/α-hetero) is 1. The van der Waals surface area contributed by atoms with Crippen molar-refractivity contribution in [2.45, 2.75) is 18.7 Å². The maximum absolute atomic E-state index is 12.5. The lowest BCUT2D eigenvalue weighted by atomic mass is 10.1. The molecule has 9 nitrogen and oxygen atoms in total. The molecule has 172 valence electrons. The van der Waals surface area contributed by atoms with Gasteiger partial charge in [-0.3, -0.25) is 9.52 Å². The highest BCUT2D eigenvalue weighted by Crippen LogP contribution is 2.20. The van der Waals surface area contributed by atoms with Crippen LogP contribution in [0.5, 0.6) is 0 Å². The lowest BCUT2D eigenvalue weighted by molar-refractivity contribution is 0.0473. The van der Waals surface area contributed by atoms with Gasteiger partial charge in [0.25, 0.3) is 10.0 Å². The van der Waals surface area contributed by atoms with E-state index in [1.54, 1.807) is 44.2 Å². The Morgan fingerprint density at radius 1 is 0.939 bits per heavy atom. The number of carbonyl (C=O) groups excluding carboxylic acids is 3. The number of sulfonamides is 1. The van der Waals surface area contributed by atoms with Gasteiger partial charge in [0, 0.05) is 11.4 Å². The van der Waals surface area contributed by atoms with Gasteiger partial charge in [-0.1, -0.05) is 18.2 Å². The fraction of sp³-hybridized carbons (Fsp3) is 0.174. The van der Waals surface area contributed by atoms with Crippen LogP contribution in [0.15, 0.2) is 59.5 Å². The molecule has 1 heterocycles. The molecule has 0 aliphatic carbocycles. The molecular weight excluding hydrogens is 448 g/mol. The standard InChI is InChI=1S/C23H22N2O7S/c1-14-20(23(28)31-3)15(2)24-21(14)19(26)13-32-22(27)16-9-11-18(12-10-16)33(29,30)25-17-7-5-4-6-8-17/h4-12,24-25H,13H2,1-3H3. The number of ketones is 1. The fourth-order valence-electron chi connectivity index (χ4n) is 3.21. The smallest absolute Gasteiger partial charge is 0.339 e. The summed E-state index contributed by atoms with van der Waals surface area (Å²) in [5.74, 6) is -1.89. The summed E-state index contributed by atoms with van der Waals surface area (Å²) >= 11 is 0. The Balaban J connectivity index is 1.66. The van der Waals surface area contributed by atoms with Crippen molar-refractivity contribution < 1.29 is 32.3 Å². The normalized spacial score (nSPS) is 11.0. The van der Waals surface area contributed by atoms with E-state index < -0.39 is 34.4 Å². The number of methoxy groups -OCH3 is 1. The number of aromatic amines is 1. The first-order valence-corrected chi connectivity index (χ1v) is 11.3. The monoisotopic (exact) mass is 470 g/mol. The number of benzene rings is 2. The van der Waals surface area contributed by atoms with Gasteiger partial charge in [-0.05, 0) is 55.8 Å². The number of hydrogen-bond donors (Lipinski definition) is 2. The van der Waals surface area contributed by atoms with Crippen LogP contribution in [0.1, 0.15) is 42.5 Å². The highest BCUT2D eigenvalue weighted by Gasteiger charge is 2.23. The van der Waals surface area contributed by atoms with Crippen LogP contribution >= 0.6 is 0 Å².